The molecule has 2 heterocycles. The Morgan fingerprint density at radius 2 is 2.17 bits per heavy atom. The molecule has 0 saturated heterocycles. The van der Waals surface area contributed by atoms with Gasteiger partial charge in [-0.05, 0) is 25.5 Å². The SMILES string of the molecule is CCC(Sc1ncn(-c2ccccc2)n1)C(=O)Nc1cc(C)on1. The third-order valence-corrected chi connectivity index (χ3v) is 4.51. The van der Waals surface area contributed by atoms with Crippen LogP contribution >= 0.6 is 11.8 Å². The monoisotopic (exact) mass is 343 g/mol. The van der Waals surface area contributed by atoms with E-state index in [2.05, 4.69) is 20.6 Å². The van der Waals surface area contributed by atoms with Gasteiger partial charge in [-0.15, -0.1) is 5.10 Å². The molecule has 24 heavy (non-hydrogen) atoms. The molecule has 124 valence electrons. The number of rotatable bonds is 6. The van der Waals surface area contributed by atoms with Crippen LogP contribution in [-0.4, -0.2) is 31.1 Å². The number of anilines is 1. The second kappa shape index (κ2) is 7.31. The lowest BCUT2D eigenvalue weighted by molar-refractivity contribution is -0.115. The quantitative estimate of drug-likeness (QED) is 0.692. The van der Waals surface area contributed by atoms with Crippen molar-refractivity contribution in [1.82, 2.24) is 19.9 Å². The molecule has 0 aliphatic rings. The molecule has 0 bridgehead atoms. The zero-order valence-electron chi connectivity index (χ0n) is 13.3. The van der Waals surface area contributed by atoms with Gasteiger partial charge in [-0.3, -0.25) is 4.79 Å². The highest BCUT2D eigenvalue weighted by Gasteiger charge is 2.21. The van der Waals surface area contributed by atoms with Crippen LogP contribution in [-0.2, 0) is 4.79 Å². The standard InChI is InChI=1S/C16H17N5O2S/c1-3-13(15(22)18-14-9-11(2)23-20-14)24-16-17-10-21(19-16)12-7-5-4-6-8-12/h4-10,13H,3H2,1-2H3,(H,18,20,22). The van der Waals surface area contributed by atoms with Gasteiger partial charge in [0.15, 0.2) is 5.82 Å². The maximum atomic E-state index is 12.4. The molecule has 1 unspecified atom stereocenters. The van der Waals surface area contributed by atoms with Crippen LogP contribution in [0.3, 0.4) is 0 Å². The van der Waals surface area contributed by atoms with Crippen LogP contribution in [0.15, 0.2) is 52.4 Å². The van der Waals surface area contributed by atoms with E-state index in [1.165, 1.54) is 11.8 Å². The van der Waals surface area contributed by atoms with Crippen molar-refractivity contribution in [2.45, 2.75) is 30.7 Å². The number of hydrogen-bond acceptors (Lipinski definition) is 6. The molecule has 3 aromatic rings. The number of benzene rings is 1. The number of nitrogens with one attached hydrogen (secondary N) is 1. The first-order valence-electron chi connectivity index (χ1n) is 7.53. The first-order chi connectivity index (χ1) is 11.7. The van der Waals surface area contributed by atoms with E-state index in [0.29, 0.717) is 23.2 Å². The second-order valence-corrected chi connectivity index (χ2v) is 6.30. The Hall–Kier alpha value is -2.61. The lowest BCUT2D eigenvalue weighted by atomic mass is 10.3. The highest BCUT2D eigenvalue weighted by molar-refractivity contribution is 8.00. The van der Waals surface area contributed by atoms with Crippen molar-refractivity contribution in [3.8, 4) is 5.69 Å². The van der Waals surface area contributed by atoms with E-state index in [4.69, 9.17) is 4.52 Å². The van der Waals surface area contributed by atoms with Crippen molar-refractivity contribution in [3.05, 3.63) is 48.5 Å². The normalized spacial score (nSPS) is 12.1. The minimum absolute atomic E-state index is 0.146. The number of thioether (sulfide) groups is 1. The smallest absolute Gasteiger partial charge is 0.239 e. The Bertz CT molecular complexity index is 815. The molecule has 0 aliphatic carbocycles. The topological polar surface area (TPSA) is 85.8 Å². The molecular weight excluding hydrogens is 326 g/mol. The third-order valence-electron chi connectivity index (χ3n) is 3.28. The second-order valence-electron chi connectivity index (χ2n) is 5.13. The molecular formula is C16H17N5O2S. The summed E-state index contributed by atoms with van der Waals surface area (Å²) in [6, 6.07) is 11.4. The molecule has 7 nitrogen and oxygen atoms in total. The molecule has 0 spiro atoms. The zero-order valence-corrected chi connectivity index (χ0v) is 14.2. The molecule has 0 fully saturated rings. The molecule has 1 aromatic carbocycles. The summed E-state index contributed by atoms with van der Waals surface area (Å²) in [5.41, 5.74) is 0.924. The first-order valence-corrected chi connectivity index (χ1v) is 8.41. The van der Waals surface area contributed by atoms with E-state index in [0.717, 1.165) is 5.69 Å². The van der Waals surface area contributed by atoms with Gasteiger partial charge in [0.25, 0.3) is 0 Å². The minimum Gasteiger partial charge on any atom is -0.360 e. The van der Waals surface area contributed by atoms with Crippen molar-refractivity contribution < 1.29 is 9.32 Å². The Labute approximate surface area is 143 Å². The fraction of sp³-hybridized carbons (Fsp3) is 0.250. The molecule has 3 rings (SSSR count). The summed E-state index contributed by atoms with van der Waals surface area (Å²) in [6.07, 6.45) is 2.29. The van der Waals surface area contributed by atoms with Crippen molar-refractivity contribution in [3.63, 3.8) is 0 Å². The van der Waals surface area contributed by atoms with Gasteiger partial charge >= 0.3 is 0 Å². The van der Waals surface area contributed by atoms with Gasteiger partial charge in [0, 0.05) is 6.07 Å². The number of carbonyl (C=O) groups excluding carboxylic acids is 1. The van der Waals surface area contributed by atoms with E-state index >= 15 is 0 Å². The predicted molar refractivity (Wildman–Crippen MR) is 91.2 cm³/mol. The van der Waals surface area contributed by atoms with Gasteiger partial charge in [0.2, 0.25) is 11.1 Å². The fourth-order valence-electron chi connectivity index (χ4n) is 2.09. The summed E-state index contributed by atoms with van der Waals surface area (Å²) in [5.74, 6) is 0.917. The number of carbonyl (C=O) groups is 1. The molecule has 0 aliphatic heterocycles. The van der Waals surface area contributed by atoms with Crippen LogP contribution in [0.4, 0.5) is 5.82 Å². The van der Waals surface area contributed by atoms with Crippen LogP contribution in [0.25, 0.3) is 5.69 Å². The van der Waals surface area contributed by atoms with Crippen LogP contribution < -0.4 is 5.32 Å². The van der Waals surface area contributed by atoms with Gasteiger partial charge in [-0.2, -0.15) is 0 Å². The number of aromatic nitrogens is 4. The Balaban J connectivity index is 1.67. The van der Waals surface area contributed by atoms with E-state index in [9.17, 15) is 4.79 Å². The minimum atomic E-state index is -0.311. The summed E-state index contributed by atoms with van der Waals surface area (Å²) < 4.78 is 6.64. The molecule has 1 N–H and O–H groups in total. The van der Waals surface area contributed by atoms with Crippen molar-refractivity contribution >= 4 is 23.5 Å². The van der Waals surface area contributed by atoms with Crippen molar-refractivity contribution in [2.75, 3.05) is 5.32 Å². The van der Waals surface area contributed by atoms with Gasteiger partial charge in [-0.25, -0.2) is 9.67 Å². The maximum absolute atomic E-state index is 12.4. The Morgan fingerprint density at radius 1 is 1.38 bits per heavy atom. The highest BCUT2D eigenvalue weighted by Crippen LogP contribution is 2.24. The van der Waals surface area contributed by atoms with Crippen LogP contribution in [0.1, 0.15) is 19.1 Å². The summed E-state index contributed by atoms with van der Waals surface area (Å²) >= 11 is 1.32. The van der Waals surface area contributed by atoms with Gasteiger partial charge < -0.3 is 9.84 Å². The van der Waals surface area contributed by atoms with Crippen molar-refractivity contribution in [1.29, 1.82) is 0 Å². The summed E-state index contributed by atoms with van der Waals surface area (Å²) in [4.78, 5) is 16.6. The van der Waals surface area contributed by atoms with E-state index in [1.54, 1.807) is 24.0 Å². The Kier molecular flexibility index (Phi) is 4.95. The van der Waals surface area contributed by atoms with Crippen LogP contribution in [0.2, 0.25) is 0 Å². The van der Waals surface area contributed by atoms with Crippen LogP contribution in [0, 0.1) is 6.92 Å². The zero-order chi connectivity index (χ0) is 16.9. The number of nitrogens with zero attached hydrogens (tertiary/aromatic N) is 4. The summed E-state index contributed by atoms with van der Waals surface area (Å²) in [6.45, 7) is 3.72. The highest BCUT2D eigenvalue weighted by atomic mass is 32.2. The van der Waals surface area contributed by atoms with Gasteiger partial charge in [0.05, 0.1) is 10.9 Å². The number of hydrogen-bond donors (Lipinski definition) is 1. The summed E-state index contributed by atoms with van der Waals surface area (Å²) in [7, 11) is 0. The Morgan fingerprint density at radius 3 is 2.83 bits per heavy atom. The first kappa shape index (κ1) is 16.3. The predicted octanol–water partition coefficient (Wildman–Crippen LogP) is 3.07. The average Bonchev–Trinajstić information content (AvgIpc) is 3.22. The number of para-hydroxylation sites is 1. The fourth-order valence-corrected chi connectivity index (χ4v) is 2.92. The van der Waals surface area contributed by atoms with Gasteiger partial charge in [-0.1, -0.05) is 42.0 Å². The maximum Gasteiger partial charge on any atom is 0.239 e. The van der Waals surface area contributed by atoms with E-state index in [1.807, 2.05) is 37.3 Å². The molecule has 1 amide bonds. The van der Waals surface area contributed by atoms with E-state index in [-0.39, 0.29) is 11.2 Å². The number of amides is 1. The largest absolute Gasteiger partial charge is 0.360 e. The lowest BCUT2D eigenvalue weighted by Gasteiger charge is -2.10. The van der Waals surface area contributed by atoms with Crippen molar-refractivity contribution in [2.24, 2.45) is 0 Å². The molecule has 2 aromatic heterocycles. The number of aryl methyl sites for hydroxylation is 1. The third kappa shape index (κ3) is 3.83. The molecule has 1 atom stereocenters. The average molecular weight is 343 g/mol. The van der Waals surface area contributed by atoms with Gasteiger partial charge in [0.1, 0.15) is 12.1 Å². The lowest BCUT2D eigenvalue weighted by Crippen LogP contribution is -2.24. The molecule has 0 radical (unpaired) electrons. The molecule has 8 heteroatoms. The van der Waals surface area contributed by atoms with Crippen LogP contribution in [0.5, 0.6) is 0 Å². The molecule has 0 saturated carbocycles. The van der Waals surface area contributed by atoms with E-state index < -0.39 is 0 Å². The summed E-state index contributed by atoms with van der Waals surface area (Å²) in [5, 5.41) is 11.2.